The number of sulfone groups is 1. The van der Waals surface area contributed by atoms with Crippen molar-refractivity contribution in [2.24, 2.45) is 4.99 Å². The lowest BCUT2D eigenvalue weighted by atomic mass is 10.1. The number of methoxy groups -OCH3 is 2. The normalized spacial score (nSPS) is 17.8. The first-order valence-corrected chi connectivity index (χ1v) is 10.7. The zero-order valence-electron chi connectivity index (χ0n) is 16.3. The number of ether oxygens (including phenoxy) is 2. The number of hydrogen-bond donors (Lipinski definition) is 0. The van der Waals surface area contributed by atoms with Gasteiger partial charge in [0.05, 0.1) is 30.1 Å². The average Bonchev–Trinajstić information content (AvgIpc) is 3.21. The molecule has 0 spiro atoms. The molecule has 6 nitrogen and oxygen atoms in total. The largest absolute Gasteiger partial charge is 0.497 e. The standard InChI is InChI=1S/C22H22N2O4S/c1-27-18-11-19(28-2)13-21(12-18)29(25,26)20-5-3-16(4-6-20)14-24-10-8-22-17(15-24)7-9-23-22/h3-6,8-13,15,22H,7,14H2,1-2H3. The molecule has 0 aromatic heterocycles. The molecule has 0 saturated carbocycles. The SMILES string of the molecule is COc1cc(OC)cc(S(=O)(=O)c2ccc(CN3C=CC4N=CCC4=C3)cc2)c1. The summed E-state index contributed by atoms with van der Waals surface area (Å²) in [6.45, 7) is 0.667. The van der Waals surface area contributed by atoms with Crippen LogP contribution >= 0.6 is 0 Å². The molecule has 0 N–H and O–H groups in total. The van der Waals surface area contributed by atoms with Crippen LogP contribution in [0, 0.1) is 0 Å². The molecular weight excluding hydrogens is 388 g/mol. The quantitative estimate of drug-likeness (QED) is 0.728. The summed E-state index contributed by atoms with van der Waals surface area (Å²) in [6, 6.07) is 11.8. The molecule has 2 aromatic carbocycles. The van der Waals surface area contributed by atoms with Crippen molar-refractivity contribution in [2.75, 3.05) is 14.2 Å². The summed E-state index contributed by atoms with van der Waals surface area (Å²) in [5, 5.41) is 0. The molecule has 0 saturated heterocycles. The van der Waals surface area contributed by atoms with E-state index in [1.807, 2.05) is 24.5 Å². The second-order valence-electron chi connectivity index (χ2n) is 6.89. The molecule has 2 aromatic rings. The molecule has 1 unspecified atom stereocenters. The van der Waals surface area contributed by atoms with Crippen LogP contribution in [0.4, 0.5) is 0 Å². The van der Waals surface area contributed by atoms with Crippen LogP contribution in [-0.2, 0) is 16.4 Å². The number of nitrogens with zero attached hydrogens (tertiary/aromatic N) is 2. The molecule has 0 bridgehead atoms. The lowest BCUT2D eigenvalue weighted by molar-refractivity contribution is 0.392. The van der Waals surface area contributed by atoms with E-state index in [1.54, 1.807) is 18.2 Å². The summed E-state index contributed by atoms with van der Waals surface area (Å²) in [5.41, 5.74) is 2.30. The first-order chi connectivity index (χ1) is 14.0. The van der Waals surface area contributed by atoms with Gasteiger partial charge in [-0.05, 0) is 41.5 Å². The van der Waals surface area contributed by atoms with Crippen molar-refractivity contribution >= 4 is 16.1 Å². The fourth-order valence-electron chi connectivity index (χ4n) is 3.39. The summed E-state index contributed by atoms with van der Waals surface area (Å²) >= 11 is 0. The summed E-state index contributed by atoms with van der Waals surface area (Å²) in [4.78, 5) is 6.86. The Labute approximate surface area is 170 Å². The number of hydrogen-bond acceptors (Lipinski definition) is 6. The monoisotopic (exact) mass is 410 g/mol. The molecule has 2 heterocycles. The minimum absolute atomic E-state index is 0.137. The third-order valence-electron chi connectivity index (χ3n) is 5.00. The highest BCUT2D eigenvalue weighted by Gasteiger charge is 2.21. The maximum atomic E-state index is 13.0. The first-order valence-electron chi connectivity index (χ1n) is 9.23. The van der Waals surface area contributed by atoms with Crippen LogP contribution in [0.25, 0.3) is 0 Å². The van der Waals surface area contributed by atoms with Gasteiger partial charge in [-0.3, -0.25) is 4.99 Å². The van der Waals surface area contributed by atoms with Gasteiger partial charge in [-0.1, -0.05) is 12.1 Å². The summed E-state index contributed by atoms with van der Waals surface area (Å²) < 4.78 is 36.5. The minimum atomic E-state index is -3.68. The van der Waals surface area contributed by atoms with E-state index >= 15 is 0 Å². The van der Waals surface area contributed by atoms with E-state index in [4.69, 9.17) is 9.47 Å². The van der Waals surface area contributed by atoms with Crippen LogP contribution in [0.3, 0.4) is 0 Å². The average molecular weight is 410 g/mol. The molecule has 0 fully saturated rings. The van der Waals surface area contributed by atoms with E-state index in [1.165, 1.54) is 31.9 Å². The molecule has 4 rings (SSSR count). The molecule has 0 aliphatic carbocycles. The Morgan fingerprint density at radius 2 is 1.72 bits per heavy atom. The number of benzene rings is 2. The highest BCUT2D eigenvalue weighted by atomic mass is 32.2. The molecule has 0 amide bonds. The molecule has 2 aliphatic heterocycles. The first kappa shape index (κ1) is 19.3. The van der Waals surface area contributed by atoms with Gasteiger partial charge < -0.3 is 14.4 Å². The van der Waals surface area contributed by atoms with Crippen molar-refractivity contribution in [2.45, 2.75) is 28.8 Å². The fourth-order valence-corrected chi connectivity index (χ4v) is 4.70. The van der Waals surface area contributed by atoms with Crippen LogP contribution in [0.2, 0.25) is 0 Å². The molecule has 2 aliphatic rings. The van der Waals surface area contributed by atoms with Gasteiger partial charge in [-0.15, -0.1) is 0 Å². The maximum absolute atomic E-state index is 13.0. The summed E-state index contributed by atoms with van der Waals surface area (Å²) in [6.07, 6.45) is 9.03. The smallest absolute Gasteiger partial charge is 0.206 e. The zero-order valence-corrected chi connectivity index (χ0v) is 17.1. The third kappa shape index (κ3) is 3.91. The maximum Gasteiger partial charge on any atom is 0.206 e. The Hall–Kier alpha value is -3.06. The molecule has 29 heavy (non-hydrogen) atoms. The van der Waals surface area contributed by atoms with Crippen LogP contribution in [0.15, 0.2) is 81.3 Å². The van der Waals surface area contributed by atoms with Crippen molar-refractivity contribution in [3.05, 3.63) is 72.1 Å². The van der Waals surface area contributed by atoms with Gasteiger partial charge in [0.25, 0.3) is 0 Å². The van der Waals surface area contributed by atoms with Crippen molar-refractivity contribution < 1.29 is 17.9 Å². The molecule has 0 radical (unpaired) electrons. The van der Waals surface area contributed by atoms with Crippen molar-refractivity contribution in [3.8, 4) is 11.5 Å². The summed E-state index contributed by atoms with van der Waals surface area (Å²) in [7, 11) is -0.701. The van der Waals surface area contributed by atoms with E-state index in [0.717, 1.165) is 12.0 Å². The molecular formula is C22H22N2O4S. The van der Waals surface area contributed by atoms with Crippen LogP contribution in [0.1, 0.15) is 12.0 Å². The Kier molecular flexibility index (Phi) is 5.15. The van der Waals surface area contributed by atoms with Gasteiger partial charge in [0.15, 0.2) is 0 Å². The van der Waals surface area contributed by atoms with Gasteiger partial charge in [-0.2, -0.15) is 0 Å². The zero-order chi connectivity index (χ0) is 20.4. The number of rotatable bonds is 6. The van der Waals surface area contributed by atoms with Crippen molar-refractivity contribution in [1.29, 1.82) is 0 Å². The Morgan fingerprint density at radius 3 is 2.38 bits per heavy atom. The van der Waals surface area contributed by atoms with E-state index in [0.29, 0.717) is 18.0 Å². The van der Waals surface area contributed by atoms with Gasteiger partial charge in [0, 0.05) is 37.6 Å². The Morgan fingerprint density at radius 1 is 1.03 bits per heavy atom. The van der Waals surface area contributed by atoms with E-state index in [-0.39, 0.29) is 15.8 Å². The van der Waals surface area contributed by atoms with Gasteiger partial charge >= 0.3 is 0 Å². The van der Waals surface area contributed by atoms with Gasteiger partial charge in [0.1, 0.15) is 11.5 Å². The lowest BCUT2D eigenvalue weighted by Gasteiger charge is -2.22. The highest BCUT2D eigenvalue weighted by Crippen LogP contribution is 2.30. The number of aliphatic imine (C=N–C) groups is 1. The predicted octanol–water partition coefficient (Wildman–Crippen LogP) is 3.59. The van der Waals surface area contributed by atoms with Crippen molar-refractivity contribution in [3.63, 3.8) is 0 Å². The Bertz CT molecular complexity index is 1080. The molecule has 1 atom stereocenters. The molecule has 150 valence electrons. The van der Waals surface area contributed by atoms with E-state index in [9.17, 15) is 8.42 Å². The second-order valence-corrected chi connectivity index (χ2v) is 8.84. The van der Waals surface area contributed by atoms with Gasteiger partial charge in [0.2, 0.25) is 9.84 Å². The van der Waals surface area contributed by atoms with Crippen LogP contribution < -0.4 is 9.47 Å². The number of fused-ring (bicyclic) bond motifs is 1. The summed E-state index contributed by atoms with van der Waals surface area (Å²) in [5.74, 6) is 0.859. The molecule has 7 heteroatoms. The van der Waals surface area contributed by atoms with Crippen LogP contribution in [0.5, 0.6) is 11.5 Å². The minimum Gasteiger partial charge on any atom is -0.497 e. The van der Waals surface area contributed by atoms with E-state index in [2.05, 4.69) is 22.2 Å². The van der Waals surface area contributed by atoms with E-state index < -0.39 is 9.84 Å². The third-order valence-corrected chi connectivity index (χ3v) is 6.75. The fraction of sp³-hybridized carbons (Fsp3) is 0.227. The van der Waals surface area contributed by atoms with Crippen molar-refractivity contribution in [1.82, 2.24) is 4.90 Å². The van der Waals surface area contributed by atoms with Gasteiger partial charge in [-0.25, -0.2) is 8.42 Å². The predicted molar refractivity (Wildman–Crippen MR) is 111 cm³/mol. The van der Waals surface area contributed by atoms with Crippen LogP contribution in [-0.4, -0.2) is 39.8 Å². The highest BCUT2D eigenvalue weighted by molar-refractivity contribution is 7.91. The lowest BCUT2D eigenvalue weighted by Crippen LogP contribution is -2.17. The second kappa shape index (κ2) is 7.75. The topological polar surface area (TPSA) is 68.2 Å². The Balaban J connectivity index is 1.54.